The van der Waals surface area contributed by atoms with Crippen LogP contribution in [0.1, 0.15) is 66.3 Å². The number of nitrogens with zero attached hydrogens (tertiary/aromatic N) is 6. The first-order valence-corrected chi connectivity index (χ1v) is 20.0. The Morgan fingerprint density at radius 2 is 1.75 bits per heavy atom. The van der Waals surface area contributed by atoms with Crippen LogP contribution < -0.4 is 20.9 Å². The maximum absolute atomic E-state index is 14.6. The second-order valence-electron chi connectivity index (χ2n) is 15.9. The molecular weight excluding hydrogens is 711 g/mol. The van der Waals surface area contributed by atoms with E-state index in [4.69, 9.17) is 4.74 Å². The summed E-state index contributed by atoms with van der Waals surface area (Å²) in [5.74, 6) is -0.406. The number of hydrogen-bond acceptors (Lipinski definition) is 10. The summed E-state index contributed by atoms with van der Waals surface area (Å²) in [5, 5.41) is 9.32. The molecule has 8 rings (SSSR count). The monoisotopic (exact) mass is 761 g/mol. The van der Waals surface area contributed by atoms with E-state index in [2.05, 4.69) is 54.9 Å². The fourth-order valence-electron chi connectivity index (χ4n) is 9.13. The van der Waals surface area contributed by atoms with Gasteiger partial charge >= 0.3 is 6.09 Å². The molecule has 3 aromatic rings. The zero-order valence-corrected chi connectivity index (χ0v) is 32.0. The Balaban J connectivity index is 0.995. The van der Waals surface area contributed by atoms with E-state index in [1.807, 2.05) is 35.4 Å². The summed E-state index contributed by atoms with van der Waals surface area (Å²) in [6.45, 7) is 7.70. The average molecular weight is 762 g/mol. The Bertz CT molecular complexity index is 1970. The molecule has 0 bridgehead atoms. The predicted molar refractivity (Wildman–Crippen MR) is 211 cm³/mol. The molecule has 56 heavy (non-hydrogen) atoms. The van der Waals surface area contributed by atoms with Gasteiger partial charge in [0.25, 0.3) is 0 Å². The van der Waals surface area contributed by atoms with Crippen LogP contribution >= 0.6 is 0 Å². The predicted octanol–water partition coefficient (Wildman–Crippen LogP) is 3.57. The molecule has 1 aromatic carbocycles. The summed E-state index contributed by atoms with van der Waals surface area (Å²) in [5.41, 5.74) is 5.31. The zero-order valence-electron chi connectivity index (χ0n) is 32.0. The highest BCUT2D eigenvalue weighted by Gasteiger charge is 2.46. The fraction of sp³-hybridized carbons (Fsp3) is 0.500. The Morgan fingerprint density at radius 3 is 2.52 bits per heavy atom. The van der Waals surface area contributed by atoms with E-state index in [0.717, 1.165) is 53.9 Å². The lowest BCUT2D eigenvalue weighted by molar-refractivity contribution is -0.141. The van der Waals surface area contributed by atoms with Gasteiger partial charge in [0, 0.05) is 94.6 Å². The molecule has 3 saturated heterocycles. The quantitative estimate of drug-likeness (QED) is 0.281. The van der Waals surface area contributed by atoms with Crippen molar-refractivity contribution < 1.29 is 23.9 Å². The molecule has 0 saturated carbocycles. The van der Waals surface area contributed by atoms with Gasteiger partial charge in [-0.3, -0.25) is 29.7 Å². The van der Waals surface area contributed by atoms with Crippen LogP contribution in [0, 0.1) is 18.8 Å². The number of aryl methyl sites for hydroxylation is 1. The molecule has 7 heterocycles. The van der Waals surface area contributed by atoms with Crippen molar-refractivity contribution in [2.75, 3.05) is 62.6 Å². The molecule has 5 aliphatic rings. The van der Waals surface area contributed by atoms with Crippen LogP contribution in [-0.2, 0) is 37.7 Å². The van der Waals surface area contributed by atoms with Crippen molar-refractivity contribution in [3.8, 4) is 0 Å². The second-order valence-corrected chi connectivity index (χ2v) is 15.9. The number of fused-ring (bicyclic) bond motifs is 3. The van der Waals surface area contributed by atoms with Crippen LogP contribution in [0.25, 0.3) is 0 Å². The minimum atomic E-state index is -0.866. The van der Waals surface area contributed by atoms with Gasteiger partial charge in [-0.25, -0.2) is 9.78 Å². The van der Waals surface area contributed by atoms with Crippen LogP contribution in [0.15, 0.2) is 60.0 Å². The minimum absolute atomic E-state index is 0.0125. The number of carbonyl (C=O) groups excluding carboxylic acids is 4. The molecule has 2 aromatic heterocycles. The molecule has 14 heteroatoms. The number of rotatable bonds is 10. The molecule has 294 valence electrons. The normalized spacial score (nSPS) is 20.1. The van der Waals surface area contributed by atoms with Gasteiger partial charge in [-0.1, -0.05) is 6.07 Å². The number of pyridine rings is 2. The Morgan fingerprint density at radius 1 is 0.982 bits per heavy atom. The fourth-order valence-corrected chi connectivity index (χ4v) is 9.13. The number of piperidine rings is 2. The van der Waals surface area contributed by atoms with Crippen LogP contribution in [0.5, 0.6) is 0 Å². The number of hydrogen-bond donors (Lipinski definition) is 3. The third-order valence-corrected chi connectivity index (χ3v) is 12.3. The van der Waals surface area contributed by atoms with Gasteiger partial charge in [-0.15, -0.1) is 0 Å². The van der Waals surface area contributed by atoms with Gasteiger partial charge in [-0.05, 0) is 104 Å². The largest absolute Gasteiger partial charge is 0.437 e. The summed E-state index contributed by atoms with van der Waals surface area (Å²) >= 11 is 0. The van der Waals surface area contributed by atoms with Gasteiger partial charge < -0.3 is 30.1 Å². The number of likely N-dealkylation sites (tertiary alicyclic amines) is 1. The molecule has 0 unspecified atom stereocenters. The summed E-state index contributed by atoms with van der Waals surface area (Å²) in [7, 11) is 0. The summed E-state index contributed by atoms with van der Waals surface area (Å²) in [6.07, 6.45) is 10.1. The number of piperazine rings is 1. The molecule has 0 aliphatic carbocycles. The smallest absolute Gasteiger partial charge is 0.413 e. The van der Waals surface area contributed by atoms with Gasteiger partial charge in [0.15, 0.2) is 0 Å². The first kappa shape index (κ1) is 37.5. The van der Waals surface area contributed by atoms with E-state index >= 15 is 0 Å². The van der Waals surface area contributed by atoms with Crippen LogP contribution in [0.4, 0.5) is 16.3 Å². The first-order valence-electron chi connectivity index (χ1n) is 20.0. The van der Waals surface area contributed by atoms with Crippen molar-refractivity contribution in [1.82, 2.24) is 30.4 Å². The molecule has 3 fully saturated rings. The van der Waals surface area contributed by atoms with Crippen molar-refractivity contribution in [3.05, 3.63) is 82.8 Å². The number of aliphatic imine (C=N–C) groups is 1. The summed E-state index contributed by atoms with van der Waals surface area (Å²) in [6, 6.07) is 11.2. The Hall–Kier alpha value is -5.37. The van der Waals surface area contributed by atoms with Crippen molar-refractivity contribution in [1.29, 1.82) is 0 Å². The van der Waals surface area contributed by atoms with Gasteiger partial charge in [-0.2, -0.15) is 0 Å². The minimum Gasteiger partial charge on any atom is -0.437 e. The number of nitrogens with one attached hydrogen (secondary N) is 3. The van der Waals surface area contributed by atoms with Crippen LogP contribution in [0.3, 0.4) is 0 Å². The zero-order chi connectivity index (χ0) is 38.6. The molecule has 3 N–H and O–H groups in total. The topological polar surface area (TPSA) is 161 Å². The number of carbonyl (C=O) groups is 4. The summed E-state index contributed by atoms with van der Waals surface area (Å²) < 4.78 is 5.87. The first-order chi connectivity index (χ1) is 27.2. The third kappa shape index (κ3) is 8.11. The van der Waals surface area contributed by atoms with Gasteiger partial charge in [0.1, 0.15) is 17.5 Å². The molecule has 4 amide bonds. The van der Waals surface area contributed by atoms with Gasteiger partial charge in [0.2, 0.25) is 17.7 Å². The van der Waals surface area contributed by atoms with E-state index < -0.39 is 23.7 Å². The van der Waals surface area contributed by atoms with Crippen LogP contribution in [0.2, 0.25) is 0 Å². The maximum Gasteiger partial charge on any atom is 0.413 e. The van der Waals surface area contributed by atoms with Crippen molar-refractivity contribution >= 4 is 41.5 Å². The highest BCUT2D eigenvalue weighted by Crippen LogP contribution is 2.42. The van der Waals surface area contributed by atoms with Crippen molar-refractivity contribution in [3.63, 3.8) is 0 Å². The molecule has 2 atom stereocenters. The lowest BCUT2D eigenvalue weighted by atomic mass is 9.83. The van der Waals surface area contributed by atoms with Crippen molar-refractivity contribution in [2.45, 2.75) is 70.1 Å². The SMILES string of the molecule is Cc1cc(C[C@@H](CC(=O)N2CCC3(CC2)OC(=O)Nc2ncccc23)C(=O)N[C@@H](CC2CCNCC2)C(=O)N2CCN(c3ccncc3)CC2)cc2c1CN=C2. The molecule has 0 radical (unpaired) electrons. The number of ether oxygens (including phenoxy) is 1. The number of anilines is 2. The highest BCUT2D eigenvalue weighted by molar-refractivity contribution is 5.92. The third-order valence-electron chi connectivity index (χ3n) is 12.3. The molecule has 1 spiro atoms. The van der Waals surface area contributed by atoms with E-state index in [0.29, 0.717) is 83.2 Å². The Kier molecular flexibility index (Phi) is 11.0. The summed E-state index contributed by atoms with van der Waals surface area (Å²) in [4.78, 5) is 74.5. The van der Waals surface area contributed by atoms with E-state index in [1.165, 1.54) is 5.56 Å². The number of benzene rings is 1. The number of amides is 4. The molecular formula is C42H51N9O5. The molecule has 5 aliphatic heterocycles. The van der Waals surface area contributed by atoms with E-state index in [-0.39, 0.29) is 24.1 Å². The lowest BCUT2D eigenvalue weighted by Crippen LogP contribution is -2.56. The number of aromatic nitrogens is 2. The average Bonchev–Trinajstić information content (AvgIpc) is 3.71. The van der Waals surface area contributed by atoms with Gasteiger partial charge in [0.05, 0.1) is 12.5 Å². The van der Waals surface area contributed by atoms with E-state index in [1.54, 1.807) is 23.5 Å². The lowest BCUT2D eigenvalue weighted by Gasteiger charge is -2.43. The standard InChI is InChI=1S/C42H51N9O5/c1-28-21-30(23-32-26-45-27-34(28)32)22-31(25-37(52)50-15-8-42(9-16-50)35-3-2-10-46-38(35)48-41(55)56-42)39(53)47-36(24-29-4-11-43-12-5-29)40(54)51-19-17-49(18-20-51)33-6-13-44-14-7-33/h2-3,6-7,10,13-14,21,23,26,29,31,36,43H,4-5,8-9,11-12,15-20,22,24-25,27H2,1H3,(H,47,53)(H,46,48,55)/t31-,36-/m0/s1. The van der Waals surface area contributed by atoms with E-state index in [9.17, 15) is 19.2 Å². The maximum atomic E-state index is 14.6. The Labute approximate surface area is 327 Å². The van der Waals surface area contributed by atoms with Crippen molar-refractivity contribution in [2.24, 2.45) is 16.8 Å². The second kappa shape index (κ2) is 16.4. The molecule has 14 nitrogen and oxygen atoms in total. The van der Waals surface area contributed by atoms with Crippen LogP contribution in [-0.4, -0.2) is 108 Å². The highest BCUT2D eigenvalue weighted by atomic mass is 16.6.